The summed E-state index contributed by atoms with van der Waals surface area (Å²) in [6.07, 6.45) is 4.86. The van der Waals surface area contributed by atoms with Crippen molar-refractivity contribution in [2.75, 3.05) is 13.2 Å². The average Bonchev–Trinajstić information content (AvgIpc) is 3.33. The first-order valence-electron chi connectivity index (χ1n) is 8.95. The van der Waals surface area contributed by atoms with E-state index in [0.29, 0.717) is 24.0 Å². The molecule has 134 valence electrons. The van der Waals surface area contributed by atoms with E-state index in [-0.39, 0.29) is 18.6 Å². The van der Waals surface area contributed by atoms with Crippen LogP contribution in [-0.4, -0.2) is 19.1 Å². The van der Waals surface area contributed by atoms with Crippen LogP contribution in [0.3, 0.4) is 0 Å². The van der Waals surface area contributed by atoms with Crippen molar-refractivity contribution < 1.29 is 14.3 Å². The SMILES string of the molecule is CCOc1ccccc1OCC(=O)NC(c1cccs1)C1CCCC1. The van der Waals surface area contributed by atoms with Gasteiger partial charge in [0.25, 0.3) is 5.91 Å². The van der Waals surface area contributed by atoms with Crippen molar-refractivity contribution in [3.63, 3.8) is 0 Å². The number of rotatable bonds is 8. The molecule has 1 unspecified atom stereocenters. The summed E-state index contributed by atoms with van der Waals surface area (Å²) in [5.41, 5.74) is 0. The van der Waals surface area contributed by atoms with Crippen molar-refractivity contribution in [2.45, 2.75) is 38.6 Å². The van der Waals surface area contributed by atoms with Crippen LogP contribution in [0.1, 0.15) is 43.5 Å². The standard InChI is InChI=1S/C20H25NO3S/c1-2-23-16-10-5-6-11-17(16)24-14-19(22)21-20(15-8-3-4-9-15)18-12-7-13-25-18/h5-7,10-13,15,20H,2-4,8-9,14H2,1H3,(H,21,22). The first-order valence-corrected chi connectivity index (χ1v) is 9.83. The monoisotopic (exact) mass is 359 g/mol. The van der Waals surface area contributed by atoms with E-state index in [1.807, 2.05) is 37.3 Å². The Hall–Kier alpha value is -2.01. The summed E-state index contributed by atoms with van der Waals surface area (Å²) in [6.45, 7) is 2.49. The van der Waals surface area contributed by atoms with E-state index in [4.69, 9.17) is 9.47 Å². The number of carbonyl (C=O) groups is 1. The van der Waals surface area contributed by atoms with Gasteiger partial charge >= 0.3 is 0 Å². The van der Waals surface area contributed by atoms with Crippen LogP contribution in [0.2, 0.25) is 0 Å². The smallest absolute Gasteiger partial charge is 0.258 e. The van der Waals surface area contributed by atoms with Gasteiger partial charge in [-0.3, -0.25) is 4.79 Å². The number of amides is 1. The van der Waals surface area contributed by atoms with E-state index in [1.165, 1.54) is 30.6 Å². The van der Waals surface area contributed by atoms with Crippen LogP contribution in [0.15, 0.2) is 41.8 Å². The van der Waals surface area contributed by atoms with Gasteiger partial charge in [0.05, 0.1) is 12.6 Å². The lowest BCUT2D eigenvalue weighted by Gasteiger charge is -2.24. The molecule has 4 nitrogen and oxygen atoms in total. The van der Waals surface area contributed by atoms with Crippen LogP contribution in [0.4, 0.5) is 0 Å². The van der Waals surface area contributed by atoms with E-state index in [2.05, 4.69) is 16.8 Å². The van der Waals surface area contributed by atoms with Crippen molar-refractivity contribution in [3.05, 3.63) is 46.7 Å². The quantitative estimate of drug-likeness (QED) is 0.751. The predicted octanol–water partition coefficient (Wildman–Crippen LogP) is 4.57. The maximum absolute atomic E-state index is 12.5. The summed E-state index contributed by atoms with van der Waals surface area (Å²) >= 11 is 1.71. The van der Waals surface area contributed by atoms with Crippen LogP contribution in [0.5, 0.6) is 11.5 Å². The third kappa shape index (κ3) is 4.75. The molecule has 1 fully saturated rings. The van der Waals surface area contributed by atoms with Gasteiger partial charge in [-0.25, -0.2) is 0 Å². The number of benzene rings is 1. The minimum Gasteiger partial charge on any atom is -0.490 e. The number of hydrogen-bond donors (Lipinski definition) is 1. The number of carbonyl (C=O) groups excluding carboxylic acids is 1. The van der Waals surface area contributed by atoms with Crippen LogP contribution in [0, 0.1) is 5.92 Å². The molecule has 1 amide bonds. The van der Waals surface area contributed by atoms with Gasteiger partial charge in [0.2, 0.25) is 0 Å². The Bertz CT molecular complexity index is 665. The minimum atomic E-state index is -0.0865. The number of ether oxygens (including phenoxy) is 2. The normalized spacial score (nSPS) is 15.7. The molecule has 1 N–H and O–H groups in total. The lowest BCUT2D eigenvalue weighted by atomic mass is 9.96. The van der Waals surface area contributed by atoms with Gasteiger partial charge in [-0.1, -0.05) is 31.0 Å². The van der Waals surface area contributed by atoms with E-state index < -0.39 is 0 Å². The van der Waals surface area contributed by atoms with Gasteiger partial charge in [0.1, 0.15) is 0 Å². The number of para-hydroxylation sites is 2. The molecule has 0 saturated heterocycles. The molecule has 1 aliphatic carbocycles. The second-order valence-corrected chi connectivity index (χ2v) is 7.25. The minimum absolute atomic E-state index is 0.00131. The number of hydrogen-bond acceptors (Lipinski definition) is 4. The Morgan fingerprint density at radius 1 is 1.16 bits per heavy atom. The molecule has 1 aromatic heterocycles. The largest absolute Gasteiger partial charge is 0.490 e. The van der Waals surface area contributed by atoms with Crippen molar-refractivity contribution >= 4 is 17.2 Å². The van der Waals surface area contributed by atoms with Gasteiger partial charge in [-0.2, -0.15) is 0 Å². The van der Waals surface area contributed by atoms with E-state index >= 15 is 0 Å². The average molecular weight is 359 g/mol. The molecule has 1 saturated carbocycles. The zero-order chi connectivity index (χ0) is 17.5. The molecule has 0 aliphatic heterocycles. The van der Waals surface area contributed by atoms with Gasteiger partial charge in [0, 0.05) is 4.88 Å². The van der Waals surface area contributed by atoms with E-state index in [0.717, 1.165) is 0 Å². The van der Waals surface area contributed by atoms with E-state index in [1.54, 1.807) is 11.3 Å². The Kier molecular flexibility index (Phi) is 6.34. The summed E-state index contributed by atoms with van der Waals surface area (Å²) in [5, 5.41) is 5.26. The zero-order valence-corrected chi connectivity index (χ0v) is 15.4. The second kappa shape index (κ2) is 8.90. The molecule has 0 radical (unpaired) electrons. The van der Waals surface area contributed by atoms with Crippen LogP contribution >= 0.6 is 11.3 Å². The lowest BCUT2D eigenvalue weighted by molar-refractivity contribution is -0.124. The fraction of sp³-hybridized carbons (Fsp3) is 0.450. The molecule has 25 heavy (non-hydrogen) atoms. The van der Waals surface area contributed by atoms with Crippen LogP contribution in [0.25, 0.3) is 0 Å². The molecular formula is C20H25NO3S. The number of nitrogens with one attached hydrogen (secondary N) is 1. The van der Waals surface area contributed by atoms with Crippen LogP contribution in [-0.2, 0) is 4.79 Å². The molecule has 1 aromatic carbocycles. The Labute approximate surface area is 153 Å². The first kappa shape index (κ1) is 17.8. The third-order valence-electron chi connectivity index (χ3n) is 4.55. The fourth-order valence-electron chi connectivity index (χ4n) is 3.38. The highest BCUT2D eigenvalue weighted by Crippen LogP contribution is 2.37. The summed E-state index contributed by atoms with van der Waals surface area (Å²) in [4.78, 5) is 13.7. The highest BCUT2D eigenvalue weighted by molar-refractivity contribution is 7.10. The van der Waals surface area contributed by atoms with Gasteiger partial charge in [-0.05, 0) is 49.3 Å². The number of thiophene rings is 1. The predicted molar refractivity (Wildman–Crippen MR) is 100 cm³/mol. The first-order chi connectivity index (χ1) is 12.3. The highest BCUT2D eigenvalue weighted by atomic mass is 32.1. The van der Waals surface area contributed by atoms with Gasteiger partial charge in [-0.15, -0.1) is 11.3 Å². The summed E-state index contributed by atoms with van der Waals surface area (Å²) in [6, 6.07) is 11.7. The molecule has 1 atom stereocenters. The molecule has 5 heteroatoms. The van der Waals surface area contributed by atoms with Crippen molar-refractivity contribution in [2.24, 2.45) is 5.92 Å². The Morgan fingerprint density at radius 2 is 1.88 bits per heavy atom. The Morgan fingerprint density at radius 3 is 2.52 bits per heavy atom. The molecule has 0 bridgehead atoms. The van der Waals surface area contributed by atoms with Crippen molar-refractivity contribution in [1.29, 1.82) is 0 Å². The summed E-state index contributed by atoms with van der Waals surface area (Å²) < 4.78 is 11.2. The molecular weight excluding hydrogens is 334 g/mol. The molecule has 3 rings (SSSR count). The molecule has 1 heterocycles. The third-order valence-corrected chi connectivity index (χ3v) is 5.50. The maximum Gasteiger partial charge on any atom is 0.258 e. The van der Waals surface area contributed by atoms with Gasteiger partial charge in [0.15, 0.2) is 18.1 Å². The van der Waals surface area contributed by atoms with Crippen molar-refractivity contribution in [1.82, 2.24) is 5.32 Å². The topological polar surface area (TPSA) is 47.6 Å². The fourth-order valence-corrected chi connectivity index (χ4v) is 4.25. The van der Waals surface area contributed by atoms with Gasteiger partial charge < -0.3 is 14.8 Å². The molecule has 0 spiro atoms. The zero-order valence-electron chi connectivity index (χ0n) is 14.6. The Balaban J connectivity index is 1.60. The summed E-state index contributed by atoms with van der Waals surface area (Å²) in [7, 11) is 0. The molecule has 1 aliphatic rings. The van der Waals surface area contributed by atoms with Crippen LogP contribution < -0.4 is 14.8 Å². The highest BCUT2D eigenvalue weighted by Gasteiger charge is 2.28. The molecule has 2 aromatic rings. The second-order valence-electron chi connectivity index (χ2n) is 6.27. The summed E-state index contributed by atoms with van der Waals surface area (Å²) in [5.74, 6) is 1.71. The van der Waals surface area contributed by atoms with Crippen molar-refractivity contribution in [3.8, 4) is 11.5 Å². The van der Waals surface area contributed by atoms with E-state index in [9.17, 15) is 4.79 Å². The maximum atomic E-state index is 12.5. The lowest BCUT2D eigenvalue weighted by Crippen LogP contribution is -2.35.